The van der Waals surface area contributed by atoms with Crippen molar-refractivity contribution in [1.29, 1.82) is 0 Å². The molecule has 2 N–H and O–H groups in total. The van der Waals surface area contributed by atoms with Gasteiger partial charge in [-0.1, -0.05) is 18.2 Å². The van der Waals surface area contributed by atoms with Gasteiger partial charge in [-0.25, -0.2) is 4.39 Å². The van der Waals surface area contributed by atoms with E-state index in [1.54, 1.807) is 0 Å². The summed E-state index contributed by atoms with van der Waals surface area (Å²) >= 11 is 3.20. The second-order valence-electron chi connectivity index (χ2n) is 3.89. The number of carbonyl (C=O) groups is 1. The Balaban J connectivity index is 1.91. The molecule has 0 spiro atoms. The predicted octanol–water partition coefficient (Wildman–Crippen LogP) is 3.64. The fourth-order valence-corrected chi connectivity index (χ4v) is 1.97. The fraction of sp³-hybridized carbons (Fsp3) is 0.0714. The van der Waals surface area contributed by atoms with Crippen LogP contribution in [0.3, 0.4) is 0 Å². The highest BCUT2D eigenvalue weighted by Crippen LogP contribution is 2.22. The lowest BCUT2D eigenvalue weighted by Gasteiger charge is -2.09. The van der Waals surface area contributed by atoms with E-state index < -0.39 is 0 Å². The first-order valence-electron chi connectivity index (χ1n) is 5.69. The first kappa shape index (κ1) is 13.5. The molecule has 0 unspecified atom stereocenters. The summed E-state index contributed by atoms with van der Waals surface area (Å²) in [5.74, 6) is -0.552. The van der Waals surface area contributed by atoms with E-state index in [0.29, 0.717) is 10.2 Å². The minimum atomic E-state index is -0.354. The summed E-state index contributed by atoms with van der Waals surface area (Å²) in [7, 11) is 0. The number of halogens is 2. The molecule has 0 fully saturated rings. The van der Waals surface area contributed by atoms with Crippen molar-refractivity contribution < 1.29 is 9.18 Å². The Bertz CT molecular complexity index is 575. The molecule has 0 bridgehead atoms. The lowest BCUT2D eigenvalue weighted by atomic mass is 10.3. The van der Waals surface area contributed by atoms with Gasteiger partial charge in [0, 0.05) is 10.2 Å². The van der Waals surface area contributed by atoms with Crippen molar-refractivity contribution >= 4 is 33.2 Å². The number of amides is 1. The molecule has 0 aliphatic heterocycles. The topological polar surface area (TPSA) is 41.1 Å². The standard InChI is InChI=1S/C14H12BrFN2O/c15-12-8-10(16)6-7-13(12)18-14(19)9-17-11-4-2-1-3-5-11/h1-8,17H,9H2,(H,18,19). The van der Waals surface area contributed by atoms with Crippen molar-refractivity contribution in [3.63, 3.8) is 0 Å². The van der Waals surface area contributed by atoms with Gasteiger partial charge in [-0.3, -0.25) is 4.79 Å². The molecule has 0 aliphatic carbocycles. The molecule has 0 saturated heterocycles. The van der Waals surface area contributed by atoms with Gasteiger partial charge in [0.25, 0.3) is 0 Å². The molecule has 2 aromatic rings. The summed E-state index contributed by atoms with van der Waals surface area (Å²) in [6.45, 7) is 0.147. The number of para-hydroxylation sites is 1. The SMILES string of the molecule is O=C(CNc1ccccc1)Nc1ccc(F)cc1Br. The van der Waals surface area contributed by atoms with Crippen molar-refractivity contribution in [1.82, 2.24) is 0 Å². The molecule has 19 heavy (non-hydrogen) atoms. The van der Waals surface area contributed by atoms with Crippen LogP contribution in [-0.2, 0) is 4.79 Å². The van der Waals surface area contributed by atoms with Gasteiger partial charge in [0.05, 0.1) is 12.2 Å². The van der Waals surface area contributed by atoms with Crippen LogP contribution in [0.25, 0.3) is 0 Å². The Morgan fingerprint density at radius 2 is 1.89 bits per heavy atom. The Labute approximate surface area is 119 Å². The van der Waals surface area contributed by atoms with Gasteiger partial charge in [-0.05, 0) is 46.3 Å². The molecule has 98 valence electrons. The molecule has 5 heteroatoms. The normalized spacial score (nSPS) is 10.0. The zero-order chi connectivity index (χ0) is 13.7. The molecule has 0 radical (unpaired) electrons. The molecular weight excluding hydrogens is 311 g/mol. The minimum Gasteiger partial charge on any atom is -0.376 e. The van der Waals surface area contributed by atoms with E-state index in [9.17, 15) is 9.18 Å². The molecule has 0 aromatic heterocycles. The monoisotopic (exact) mass is 322 g/mol. The van der Waals surface area contributed by atoms with E-state index >= 15 is 0 Å². The Morgan fingerprint density at radius 3 is 2.58 bits per heavy atom. The van der Waals surface area contributed by atoms with Crippen molar-refractivity contribution in [2.75, 3.05) is 17.2 Å². The predicted molar refractivity (Wildman–Crippen MR) is 77.7 cm³/mol. The molecule has 0 saturated carbocycles. The zero-order valence-electron chi connectivity index (χ0n) is 9.99. The van der Waals surface area contributed by atoms with Gasteiger partial charge in [0.1, 0.15) is 5.82 Å². The third-order valence-corrected chi connectivity index (χ3v) is 3.09. The molecule has 0 atom stereocenters. The van der Waals surface area contributed by atoms with E-state index in [0.717, 1.165) is 5.69 Å². The maximum Gasteiger partial charge on any atom is 0.243 e. The zero-order valence-corrected chi connectivity index (χ0v) is 11.6. The molecule has 1 amide bonds. The van der Waals surface area contributed by atoms with Crippen LogP contribution in [0.1, 0.15) is 0 Å². The van der Waals surface area contributed by atoms with Gasteiger partial charge in [-0.15, -0.1) is 0 Å². The molecule has 2 aromatic carbocycles. The number of rotatable bonds is 4. The third kappa shape index (κ3) is 4.06. The summed E-state index contributed by atoms with van der Waals surface area (Å²) in [5.41, 5.74) is 1.41. The maximum absolute atomic E-state index is 12.9. The summed E-state index contributed by atoms with van der Waals surface area (Å²) in [4.78, 5) is 11.7. The average molecular weight is 323 g/mol. The molecule has 3 nitrogen and oxygen atoms in total. The summed E-state index contributed by atoms with van der Waals surface area (Å²) < 4.78 is 13.4. The summed E-state index contributed by atoms with van der Waals surface area (Å²) in [6, 6.07) is 13.5. The van der Waals surface area contributed by atoms with Crippen LogP contribution >= 0.6 is 15.9 Å². The van der Waals surface area contributed by atoms with Gasteiger partial charge < -0.3 is 10.6 Å². The van der Waals surface area contributed by atoms with Gasteiger partial charge in [0.15, 0.2) is 0 Å². The van der Waals surface area contributed by atoms with Crippen LogP contribution in [0, 0.1) is 5.82 Å². The van der Waals surface area contributed by atoms with Gasteiger partial charge in [0.2, 0.25) is 5.91 Å². The summed E-state index contributed by atoms with van der Waals surface area (Å²) in [6.07, 6.45) is 0. The summed E-state index contributed by atoms with van der Waals surface area (Å²) in [5, 5.41) is 5.69. The number of nitrogens with one attached hydrogen (secondary N) is 2. The molecule has 0 aliphatic rings. The minimum absolute atomic E-state index is 0.147. The Hall–Kier alpha value is -1.88. The molecular formula is C14H12BrFN2O. The van der Waals surface area contributed by atoms with Crippen molar-refractivity contribution in [3.05, 3.63) is 58.8 Å². The maximum atomic E-state index is 12.9. The van der Waals surface area contributed by atoms with Crippen LogP contribution < -0.4 is 10.6 Å². The largest absolute Gasteiger partial charge is 0.376 e. The molecule has 0 heterocycles. The molecule has 2 rings (SSSR count). The number of hydrogen-bond acceptors (Lipinski definition) is 2. The first-order valence-corrected chi connectivity index (χ1v) is 6.48. The number of carbonyl (C=O) groups excluding carboxylic acids is 1. The smallest absolute Gasteiger partial charge is 0.243 e. The van der Waals surface area contributed by atoms with Crippen LogP contribution in [-0.4, -0.2) is 12.5 Å². The van der Waals surface area contributed by atoms with Crippen molar-refractivity contribution in [2.45, 2.75) is 0 Å². The van der Waals surface area contributed by atoms with E-state index in [-0.39, 0.29) is 18.3 Å². The third-order valence-electron chi connectivity index (χ3n) is 2.43. The van der Waals surface area contributed by atoms with Crippen molar-refractivity contribution in [3.8, 4) is 0 Å². The van der Waals surface area contributed by atoms with Crippen LogP contribution in [0.2, 0.25) is 0 Å². The van der Waals surface area contributed by atoms with Gasteiger partial charge in [-0.2, -0.15) is 0 Å². The van der Waals surface area contributed by atoms with E-state index in [1.807, 2.05) is 30.3 Å². The highest BCUT2D eigenvalue weighted by atomic mass is 79.9. The van der Waals surface area contributed by atoms with Crippen LogP contribution in [0.4, 0.5) is 15.8 Å². The number of benzene rings is 2. The second kappa shape index (κ2) is 6.33. The highest BCUT2D eigenvalue weighted by molar-refractivity contribution is 9.10. The first-order chi connectivity index (χ1) is 9.15. The van der Waals surface area contributed by atoms with E-state index in [4.69, 9.17) is 0 Å². The average Bonchev–Trinajstić information content (AvgIpc) is 2.41. The fourth-order valence-electron chi connectivity index (χ4n) is 1.52. The lowest BCUT2D eigenvalue weighted by Crippen LogP contribution is -2.21. The van der Waals surface area contributed by atoms with E-state index in [2.05, 4.69) is 26.6 Å². The number of anilines is 2. The van der Waals surface area contributed by atoms with Crippen molar-refractivity contribution in [2.24, 2.45) is 0 Å². The van der Waals surface area contributed by atoms with Crippen LogP contribution in [0.15, 0.2) is 53.0 Å². The van der Waals surface area contributed by atoms with Gasteiger partial charge >= 0.3 is 0 Å². The van der Waals surface area contributed by atoms with Crippen LogP contribution in [0.5, 0.6) is 0 Å². The number of hydrogen-bond donors (Lipinski definition) is 2. The quantitative estimate of drug-likeness (QED) is 0.902. The Kier molecular flexibility index (Phi) is 4.52. The highest BCUT2D eigenvalue weighted by Gasteiger charge is 2.06. The Morgan fingerprint density at radius 1 is 1.16 bits per heavy atom. The van der Waals surface area contributed by atoms with E-state index in [1.165, 1.54) is 18.2 Å². The second-order valence-corrected chi connectivity index (χ2v) is 4.75. The lowest BCUT2D eigenvalue weighted by molar-refractivity contribution is -0.114.